The number of rotatable bonds is 5. The molecule has 1 aliphatic rings. The third kappa shape index (κ3) is 3.44. The fraction of sp³-hybridized carbons (Fsp3) is 0.200. The van der Waals surface area contributed by atoms with Crippen molar-refractivity contribution in [1.29, 1.82) is 0 Å². The maximum atomic E-state index is 13.0. The second-order valence-electron chi connectivity index (χ2n) is 6.52. The van der Waals surface area contributed by atoms with Crippen molar-refractivity contribution in [2.45, 2.75) is 12.5 Å². The molecule has 0 bridgehead atoms. The van der Waals surface area contributed by atoms with Gasteiger partial charge in [0, 0.05) is 6.54 Å². The van der Waals surface area contributed by atoms with Crippen LogP contribution < -0.4 is 16.0 Å². The second kappa shape index (κ2) is 7.51. The molecule has 144 valence electrons. The van der Waals surface area contributed by atoms with Gasteiger partial charge in [0.2, 0.25) is 5.91 Å². The van der Waals surface area contributed by atoms with Crippen molar-refractivity contribution < 1.29 is 19.2 Å². The van der Waals surface area contributed by atoms with Crippen LogP contribution in [0.15, 0.2) is 55.1 Å². The molecule has 0 saturated carbocycles. The van der Waals surface area contributed by atoms with Crippen LogP contribution in [0.4, 0.5) is 9.59 Å². The molecule has 0 spiro atoms. The van der Waals surface area contributed by atoms with Gasteiger partial charge in [-0.05, 0) is 23.3 Å². The lowest BCUT2D eigenvalue weighted by atomic mass is 9.88. The van der Waals surface area contributed by atoms with E-state index in [1.54, 1.807) is 13.0 Å². The molecule has 8 nitrogen and oxygen atoms in total. The quantitative estimate of drug-likeness (QED) is 0.541. The number of nitrogens with one attached hydrogen (secondary N) is 3. The number of hydrogen-bond acceptors (Lipinski definition) is 4. The summed E-state index contributed by atoms with van der Waals surface area (Å²) in [4.78, 5) is 49.8. The molecule has 8 heteroatoms. The SMILES string of the molecule is C=CCNC(=O)NC(=O)CN1C(=O)N[C@](C)(c2cccc3ccccc23)C1=O. The molecule has 0 radical (unpaired) electrons. The number of fused-ring (bicyclic) bond motifs is 1. The second-order valence-corrected chi connectivity index (χ2v) is 6.52. The Morgan fingerprint density at radius 3 is 2.64 bits per heavy atom. The number of nitrogens with zero attached hydrogens (tertiary/aromatic N) is 1. The van der Waals surface area contributed by atoms with Crippen LogP contribution in [0.2, 0.25) is 0 Å². The standard InChI is InChI=1S/C20H20N4O4/c1-3-11-21-18(27)22-16(25)12-24-17(26)20(2,23-19(24)28)15-10-6-8-13-7-4-5-9-14(13)15/h3-10H,1,11-12H2,2H3,(H,23,28)(H2,21,22,25,27)/t20-/m1/s1. The van der Waals surface area contributed by atoms with E-state index >= 15 is 0 Å². The number of benzene rings is 2. The average molecular weight is 380 g/mol. The van der Waals surface area contributed by atoms with Gasteiger partial charge in [-0.15, -0.1) is 6.58 Å². The van der Waals surface area contributed by atoms with Gasteiger partial charge >= 0.3 is 12.1 Å². The number of urea groups is 2. The van der Waals surface area contributed by atoms with E-state index in [1.165, 1.54) is 6.08 Å². The zero-order valence-corrected chi connectivity index (χ0v) is 15.3. The minimum atomic E-state index is -1.32. The van der Waals surface area contributed by atoms with E-state index in [1.807, 2.05) is 36.4 Å². The van der Waals surface area contributed by atoms with E-state index in [0.29, 0.717) is 5.56 Å². The predicted molar refractivity (Wildman–Crippen MR) is 103 cm³/mol. The molecule has 3 N–H and O–H groups in total. The molecular weight excluding hydrogens is 360 g/mol. The first kappa shape index (κ1) is 19.1. The molecule has 1 heterocycles. The number of hydrogen-bond donors (Lipinski definition) is 3. The molecule has 1 fully saturated rings. The first-order valence-electron chi connectivity index (χ1n) is 8.67. The zero-order chi connectivity index (χ0) is 20.3. The Kier molecular flexibility index (Phi) is 5.12. The van der Waals surface area contributed by atoms with E-state index < -0.39 is 36.0 Å². The molecule has 1 saturated heterocycles. The van der Waals surface area contributed by atoms with Crippen molar-refractivity contribution in [2.75, 3.05) is 13.1 Å². The van der Waals surface area contributed by atoms with Crippen LogP contribution in [-0.4, -0.2) is 41.9 Å². The summed E-state index contributed by atoms with van der Waals surface area (Å²) in [6.45, 7) is 4.67. The maximum Gasteiger partial charge on any atom is 0.325 e. The van der Waals surface area contributed by atoms with Gasteiger partial charge in [0.15, 0.2) is 0 Å². The number of amides is 6. The first-order chi connectivity index (χ1) is 13.4. The molecule has 28 heavy (non-hydrogen) atoms. The van der Waals surface area contributed by atoms with Crippen LogP contribution in [0.5, 0.6) is 0 Å². The van der Waals surface area contributed by atoms with Crippen molar-refractivity contribution in [3.8, 4) is 0 Å². The van der Waals surface area contributed by atoms with Gasteiger partial charge in [-0.1, -0.05) is 48.5 Å². The molecule has 0 aromatic heterocycles. The Bertz CT molecular complexity index is 982. The minimum absolute atomic E-state index is 0.182. The Balaban J connectivity index is 1.82. The van der Waals surface area contributed by atoms with Crippen LogP contribution in [0.1, 0.15) is 12.5 Å². The fourth-order valence-electron chi connectivity index (χ4n) is 3.20. The van der Waals surface area contributed by atoms with Gasteiger partial charge < -0.3 is 10.6 Å². The Hall–Kier alpha value is -3.68. The fourth-order valence-corrected chi connectivity index (χ4v) is 3.20. The lowest BCUT2D eigenvalue weighted by Crippen LogP contribution is -2.47. The van der Waals surface area contributed by atoms with Crippen molar-refractivity contribution >= 4 is 34.6 Å². The van der Waals surface area contributed by atoms with Crippen LogP contribution in [0.3, 0.4) is 0 Å². The third-order valence-corrected chi connectivity index (χ3v) is 4.56. The molecule has 0 aliphatic carbocycles. The van der Waals surface area contributed by atoms with Crippen LogP contribution in [0, 0.1) is 0 Å². The monoisotopic (exact) mass is 380 g/mol. The molecule has 6 amide bonds. The van der Waals surface area contributed by atoms with Crippen LogP contribution in [-0.2, 0) is 15.1 Å². The van der Waals surface area contributed by atoms with Crippen LogP contribution >= 0.6 is 0 Å². The summed E-state index contributed by atoms with van der Waals surface area (Å²) in [5, 5.41) is 8.88. The van der Waals surface area contributed by atoms with E-state index in [0.717, 1.165) is 15.7 Å². The number of carbonyl (C=O) groups is 4. The lowest BCUT2D eigenvalue weighted by molar-refractivity contribution is -0.134. The normalized spacial score (nSPS) is 18.7. The van der Waals surface area contributed by atoms with Crippen molar-refractivity contribution in [1.82, 2.24) is 20.9 Å². The zero-order valence-electron chi connectivity index (χ0n) is 15.3. The molecule has 1 atom stereocenters. The van der Waals surface area contributed by atoms with Gasteiger partial charge in [-0.3, -0.25) is 19.8 Å². The summed E-state index contributed by atoms with van der Waals surface area (Å²) >= 11 is 0. The minimum Gasteiger partial charge on any atom is -0.334 e. The summed E-state index contributed by atoms with van der Waals surface area (Å²) < 4.78 is 0. The van der Waals surface area contributed by atoms with Gasteiger partial charge in [0.05, 0.1) is 0 Å². The molecule has 0 unspecified atom stereocenters. The van der Waals surface area contributed by atoms with Crippen molar-refractivity contribution in [3.63, 3.8) is 0 Å². The highest BCUT2D eigenvalue weighted by Crippen LogP contribution is 2.33. The lowest BCUT2D eigenvalue weighted by Gasteiger charge is -2.24. The molecule has 1 aliphatic heterocycles. The Morgan fingerprint density at radius 1 is 1.18 bits per heavy atom. The van der Waals surface area contributed by atoms with Gasteiger partial charge in [-0.2, -0.15) is 0 Å². The predicted octanol–water partition coefficient (Wildman–Crippen LogP) is 1.62. The smallest absolute Gasteiger partial charge is 0.325 e. The van der Waals surface area contributed by atoms with E-state index in [4.69, 9.17) is 0 Å². The molecule has 3 rings (SSSR count). The summed E-state index contributed by atoms with van der Waals surface area (Å²) in [6, 6.07) is 11.6. The van der Waals surface area contributed by atoms with Crippen molar-refractivity contribution in [3.05, 3.63) is 60.7 Å². The topological polar surface area (TPSA) is 108 Å². The summed E-state index contributed by atoms with van der Waals surface area (Å²) in [5.41, 5.74) is -0.681. The average Bonchev–Trinajstić information content (AvgIpc) is 2.89. The number of imide groups is 2. The molecule has 2 aromatic rings. The highest BCUT2D eigenvalue weighted by atomic mass is 16.2. The summed E-state index contributed by atoms with van der Waals surface area (Å²) in [6.07, 6.45) is 1.46. The Labute approximate surface area is 161 Å². The highest BCUT2D eigenvalue weighted by Gasteiger charge is 2.50. The van der Waals surface area contributed by atoms with Gasteiger partial charge in [0.25, 0.3) is 5.91 Å². The first-order valence-corrected chi connectivity index (χ1v) is 8.67. The summed E-state index contributed by atoms with van der Waals surface area (Å²) in [5.74, 6) is -1.33. The van der Waals surface area contributed by atoms with E-state index in [-0.39, 0.29) is 6.54 Å². The van der Waals surface area contributed by atoms with Crippen molar-refractivity contribution in [2.24, 2.45) is 0 Å². The largest absolute Gasteiger partial charge is 0.334 e. The van der Waals surface area contributed by atoms with E-state index in [9.17, 15) is 19.2 Å². The summed E-state index contributed by atoms with van der Waals surface area (Å²) in [7, 11) is 0. The van der Waals surface area contributed by atoms with E-state index in [2.05, 4.69) is 22.5 Å². The van der Waals surface area contributed by atoms with Gasteiger partial charge in [-0.25, -0.2) is 9.59 Å². The molecular formula is C20H20N4O4. The molecule has 2 aromatic carbocycles. The Morgan fingerprint density at radius 2 is 1.89 bits per heavy atom. The third-order valence-electron chi connectivity index (χ3n) is 4.56. The van der Waals surface area contributed by atoms with Gasteiger partial charge in [0.1, 0.15) is 12.1 Å². The maximum absolute atomic E-state index is 13.0. The van der Waals surface area contributed by atoms with Crippen LogP contribution in [0.25, 0.3) is 10.8 Å². The highest BCUT2D eigenvalue weighted by molar-refractivity contribution is 6.11. The number of carbonyl (C=O) groups excluding carboxylic acids is 4.